The third-order valence-corrected chi connectivity index (χ3v) is 8.31. The monoisotopic (exact) mass is 669 g/mol. The molecule has 9 heteroatoms. The number of amides is 1. The van der Waals surface area contributed by atoms with Gasteiger partial charge < -0.3 is 26.6 Å². The third-order valence-electron chi connectivity index (χ3n) is 8.31. The van der Waals surface area contributed by atoms with E-state index in [2.05, 4.69) is 24.2 Å². The van der Waals surface area contributed by atoms with E-state index in [0.29, 0.717) is 32.4 Å². The molecule has 0 saturated heterocycles. The molecule has 0 saturated carbocycles. The second kappa shape index (κ2) is 38.1. The lowest BCUT2D eigenvalue weighted by Gasteiger charge is -2.17. The zero-order valence-electron chi connectivity index (χ0n) is 31.0. The highest BCUT2D eigenvalue weighted by Gasteiger charge is 2.21. The van der Waals surface area contributed by atoms with Crippen molar-refractivity contribution in [2.24, 2.45) is 16.5 Å². The van der Waals surface area contributed by atoms with Gasteiger partial charge in [-0.3, -0.25) is 14.6 Å². The fourth-order valence-electron chi connectivity index (χ4n) is 5.54. The van der Waals surface area contributed by atoms with Gasteiger partial charge in [0, 0.05) is 19.9 Å². The first kappa shape index (κ1) is 46.8. The molecule has 0 aliphatic carbocycles. The minimum absolute atomic E-state index is 0.0389. The number of carboxylic acids is 1. The van der Waals surface area contributed by atoms with Crippen molar-refractivity contribution in [1.82, 2.24) is 5.32 Å². The Morgan fingerprint density at radius 1 is 0.617 bits per heavy atom. The predicted molar refractivity (Wildman–Crippen MR) is 198 cm³/mol. The molecule has 0 aliphatic heterocycles. The summed E-state index contributed by atoms with van der Waals surface area (Å²) < 4.78 is 5.56. The molecule has 0 rings (SSSR count). The van der Waals surface area contributed by atoms with Gasteiger partial charge in [-0.15, -0.1) is 0 Å². The molecule has 0 aliphatic rings. The van der Waals surface area contributed by atoms with Gasteiger partial charge in [0.1, 0.15) is 6.04 Å². The molecule has 0 radical (unpaired) electrons. The second-order valence-electron chi connectivity index (χ2n) is 13.1. The first-order chi connectivity index (χ1) is 22.7. The van der Waals surface area contributed by atoms with Crippen molar-refractivity contribution in [2.45, 2.75) is 207 Å². The smallest absolute Gasteiger partial charge is 0.328 e. The van der Waals surface area contributed by atoms with E-state index >= 15 is 0 Å². The highest BCUT2D eigenvalue weighted by Crippen LogP contribution is 2.14. The van der Waals surface area contributed by atoms with E-state index in [0.717, 1.165) is 32.6 Å². The summed E-state index contributed by atoms with van der Waals surface area (Å²) in [6.07, 6.45) is 33.4. The molecule has 0 spiro atoms. The van der Waals surface area contributed by atoms with Gasteiger partial charge in [-0.2, -0.15) is 0 Å². The Morgan fingerprint density at radius 2 is 0.979 bits per heavy atom. The molecule has 0 unspecified atom stereocenters. The van der Waals surface area contributed by atoms with Crippen molar-refractivity contribution in [3.8, 4) is 0 Å². The number of nitrogens with zero attached hydrogens (tertiary/aromatic N) is 1. The zero-order chi connectivity index (χ0) is 35.2. The van der Waals surface area contributed by atoms with Gasteiger partial charge in [0.15, 0.2) is 5.96 Å². The Bertz CT molecular complexity index is 740. The van der Waals surface area contributed by atoms with E-state index in [9.17, 15) is 9.59 Å². The maximum Gasteiger partial charge on any atom is 0.328 e. The number of aliphatic carboxylic acids is 1. The molecule has 0 bridgehead atoms. The van der Waals surface area contributed by atoms with Gasteiger partial charge >= 0.3 is 5.97 Å². The number of nitrogens with one attached hydrogen (secondary N) is 1. The fraction of sp³-hybridized carbons (Fsp3) is 0.895. The molecule has 0 heterocycles. The Balaban J connectivity index is 0. The lowest BCUT2D eigenvalue weighted by Crippen LogP contribution is -2.42. The topological polar surface area (TPSA) is 157 Å². The van der Waals surface area contributed by atoms with Gasteiger partial charge in [-0.25, -0.2) is 4.79 Å². The first-order valence-electron chi connectivity index (χ1n) is 19.4. The van der Waals surface area contributed by atoms with E-state index < -0.39 is 12.0 Å². The van der Waals surface area contributed by atoms with Crippen LogP contribution in [0.5, 0.6) is 0 Å². The normalized spacial score (nSPS) is 11.3. The van der Waals surface area contributed by atoms with Crippen LogP contribution in [0.2, 0.25) is 0 Å². The standard InChI is InChI=1S/C36H72N4O3.C2H4O2/c1-3-5-7-9-11-13-14-15-16-17-18-19-21-23-25-27-32-43-35(42)33(29-28-31-39-36(37)38)40-34(41)30-26-24-22-20-12-10-8-6-4-2;1-2(3)4/h33H,3-32H2,1-2H3,(H,40,41)(H4,37,38,39);1H3,(H,3,4)/t33-;/m0./s1. The Morgan fingerprint density at radius 3 is 1.36 bits per heavy atom. The molecule has 1 atom stereocenters. The highest BCUT2D eigenvalue weighted by molar-refractivity contribution is 5.84. The van der Waals surface area contributed by atoms with Crippen LogP contribution in [0.1, 0.15) is 201 Å². The lowest BCUT2D eigenvalue weighted by atomic mass is 10.0. The van der Waals surface area contributed by atoms with Crippen molar-refractivity contribution >= 4 is 23.8 Å². The fourth-order valence-corrected chi connectivity index (χ4v) is 5.54. The number of hydrogen-bond donors (Lipinski definition) is 4. The zero-order valence-corrected chi connectivity index (χ0v) is 31.0. The number of aliphatic imine (C=N–C) groups is 1. The number of hydrogen-bond acceptors (Lipinski definition) is 5. The average molecular weight is 669 g/mol. The summed E-state index contributed by atoms with van der Waals surface area (Å²) in [4.78, 5) is 38.3. The lowest BCUT2D eigenvalue weighted by molar-refractivity contribution is -0.148. The molecular weight excluding hydrogens is 592 g/mol. The van der Waals surface area contributed by atoms with Gasteiger partial charge in [-0.05, 0) is 25.7 Å². The third kappa shape index (κ3) is 41.7. The molecule has 0 aromatic heterocycles. The van der Waals surface area contributed by atoms with Crippen LogP contribution in [0.25, 0.3) is 0 Å². The van der Waals surface area contributed by atoms with Gasteiger partial charge in [-0.1, -0.05) is 162 Å². The maximum absolute atomic E-state index is 12.8. The second-order valence-corrected chi connectivity index (χ2v) is 13.1. The number of carbonyl (C=O) groups is 3. The summed E-state index contributed by atoms with van der Waals surface area (Å²) in [5.41, 5.74) is 10.8. The molecule has 47 heavy (non-hydrogen) atoms. The van der Waals surface area contributed by atoms with Crippen molar-refractivity contribution in [3.05, 3.63) is 0 Å². The number of nitrogens with two attached hydrogens (primary N) is 2. The minimum Gasteiger partial charge on any atom is -0.481 e. The predicted octanol–water partition coefficient (Wildman–Crippen LogP) is 9.34. The number of esters is 1. The van der Waals surface area contributed by atoms with E-state index in [1.165, 1.54) is 135 Å². The van der Waals surface area contributed by atoms with E-state index in [1.807, 2.05) is 0 Å². The summed E-state index contributed by atoms with van der Waals surface area (Å²) in [5, 5.41) is 10.3. The Kier molecular flexibility index (Phi) is 38.0. The summed E-state index contributed by atoms with van der Waals surface area (Å²) >= 11 is 0. The van der Waals surface area contributed by atoms with Crippen molar-refractivity contribution in [2.75, 3.05) is 13.2 Å². The van der Waals surface area contributed by atoms with Crippen LogP contribution in [0, 0.1) is 0 Å². The van der Waals surface area contributed by atoms with Crippen molar-refractivity contribution in [1.29, 1.82) is 0 Å². The number of carbonyl (C=O) groups excluding carboxylic acids is 2. The summed E-state index contributed by atoms with van der Waals surface area (Å²) in [7, 11) is 0. The molecule has 6 N–H and O–H groups in total. The Hall–Kier alpha value is -2.32. The molecule has 9 nitrogen and oxygen atoms in total. The number of ether oxygens (including phenoxy) is 1. The quantitative estimate of drug-likeness (QED) is 0.0235. The number of rotatable bonds is 33. The summed E-state index contributed by atoms with van der Waals surface area (Å²) in [5.74, 6) is -1.21. The molecule has 0 aromatic carbocycles. The SMILES string of the molecule is CC(=O)O.CCCCCCCCCCCCCCCCCCOC(=O)[C@H](CCCN=C(N)N)NC(=O)CCCCCCCCCCC. The van der Waals surface area contributed by atoms with E-state index in [-0.39, 0.29) is 17.8 Å². The maximum atomic E-state index is 12.8. The molecule has 0 aromatic rings. The van der Waals surface area contributed by atoms with E-state index in [1.54, 1.807) is 0 Å². The van der Waals surface area contributed by atoms with Crippen molar-refractivity contribution in [3.63, 3.8) is 0 Å². The Labute approximate surface area is 289 Å². The van der Waals surface area contributed by atoms with Crippen LogP contribution in [-0.2, 0) is 19.1 Å². The number of guanidine groups is 1. The first-order valence-corrected chi connectivity index (χ1v) is 19.4. The van der Waals surface area contributed by atoms with Crippen LogP contribution in [0.4, 0.5) is 0 Å². The molecule has 0 fully saturated rings. The molecule has 278 valence electrons. The largest absolute Gasteiger partial charge is 0.481 e. The van der Waals surface area contributed by atoms with Gasteiger partial charge in [0.25, 0.3) is 5.97 Å². The molecular formula is C38H76N4O5. The number of unbranched alkanes of at least 4 members (excludes halogenated alkanes) is 23. The van der Waals surface area contributed by atoms with Crippen LogP contribution in [0.15, 0.2) is 4.99 Å². The summed E-state index contributed by atoms with van der Waals surface area (Å²) in [6.45, 7) is 6.44. The highest BCUT2D eigenvalue weighted by atomic mass is 16.5. The number of carboxylic acid groups (broad SMARTS) is 1. The van der Waals surface area contributed by atoms with Crippen molar-refractivity contribution < 1.29 is 24.2 Å². The van der Waals surface area contributed by atoms with E-state index in [4.69, 9.17) is 26.1 Å². The van der Waals surface area contributed by atoms with Gasteiger partial charge in [0.05, 0.1) is 6.61 Å². The van der Waals surface area contributed by atoms with Crippen LogP contribution in [0.3, 0.4) is 0 Å². The molecule has 1 amide bonds. The average Bonchev–Trinajstić information content (AvgIpc) is 3.02. The van der Waals surface area contributed by atoms with Gasteiger partial charge in [0.2, 0.25) is 5.91 Å². The summed E-state index contributed by atoms with van der Waals surface area (Å²) in [6, 6.07) is -0.638. The van der Waals surface area contributed by atoms with Crippen LogP contribution in [-0.4, -0.2) is 48.1 Å². The van der Waals surface area contributed by atoms with Crippen LogP contribution >= 0.6 is 0 Å². The minimum atomic E-state index is -0.833. The van der Waals surface area contributed by atoms with Crippen LogP contribution < -0.4 is 16.8 Å².